The summed E-state index contributed by atoms with van der Waals surface area (Å²) in [5, 5.41) is 17.1. The summed E-state index contributed by atoms with van der Waals surface area (Å²) >= 11 is 0. The Kier molecular flexibility index (Phi) is 4.53. The fourth-order valence-corrected chi connectivity index (χ4v) is 2.01. The number of benzene rings is 1. The molecule has 5 nitrogen and oxygen atoms in total. The van der Waals surface area contributed by atoms with E-state index in [-0.39, 0.29) is 16.1 Å². The SMILES string of the molecule is CCCC(C)(C)Nc1cc(NC)cc([N+](=O)[O-])c1. The van der Waals surface area contributed by atoms with E-state index in [4.69, 9.17) is 0 Å². The molecule has 0 aliphatic carbocycles. The van der Waals surface area contributed by atoms with Crippen LogP contribution in [0.1, 0.15) is 33.6 Å². The smallest absolute Gasteiger partial charge is 0.273 e. The van der Waals surface area contributed by atoms with Crippen LogP contribution in [0.25, 0.3) is 0 Å². The molecule has 0 aliphatic heterocycles. The number of hydrogen-bond acceptors (Lipinski definition) is 4. The van der Waals surface area contributed by atoms with Gasteiger partial charge in [-0.3, -0.25) is 10.1 Å². The summed E-state index contributed by atoms with van der Waals surface area (Å²) in [6.07, 6.45) is 2.07. The molecule has 0 aliphatic rings. The van der Waals surface area contributed by atoms with E-state index < -0.39 is 0 Å². The van der Waals surface area contributed by atoms with Crippen molar-refractivity contribution in [3.05, 3.63) is 28.3 Å². The topological polar surface area (TPSA) is 67.2 Å². The molecule has 1 aromatic rings. The van der Waals surface area contributed by atoms with Gasteiger partial charge < -0.3 is 10.6 Å². The minimum Gasteiger partial charge on any atom is -0.388 e. The van der Waals surface area contributed by atoms with Gasteiger partial charge in [-0.2, -0.15) is 0 Å². The molecule has 0 saturated heterocycles. The summed E-state index contributed by atoms with van der Waals surface area (Å²) in [5.41, 5.74) is 1.53. The fraction of sp³-hybridized carbons (Fsp3) is 0.538. The Bertz CT molecular complexity index is 430. The van der Waals surface area contributed by atoms with Gasteiger partial charge >= 0.3 is 0 Å². The molecular formula is C13H21N3O2. The van der Waals surface area contributed by atoms with Crippen LogP contribution in [0.15, 0.2) is 18.2 Å². The van der Waals surface area contributed by atoms with Crippen LogP contribution in [0, 0.1) is 10.1 Å². The number of nitro groups is 1. The predicted octanol–water partition coefficient (Wildman–Crippen LogP) is 3.63. The van der Waals surface area contributed by atoms with Gasteiger partial charge in [0.15, 0.2) is 0 Å². The van der Waals surface area contributed by atoms with Gasteiger partial charge in [0, 0.05) is 36.1 Å². The second-order valence-corrected chi connectivity index (χ2v) is 5.03. The van der Waals surface area contributed by atoms with E-state index in [1.807, 2.05) is 6.07 Å². The number of anilines is 2. The fourth-order valence-electron chi connectivity index (χ4n) is 2.01. The first-order chi connectivity index (χ1) is 8.38. The zero-order valence-corrected chi connectivity index (χ0v) is 11.4. The molecule has 5 heteroatoms. The number of nitrogens with one attached hydrogen (secondary N) is 2. The van der Waals surface area contributed by atoms with Gasteiger partial charge in [0.25, 0.3) is 5.69 Å². The quantitative estimate of drug-likeness (QED) is 0.598. The molecule has 1 aromatic carbocycles. The van der Waals surface area contributed by atoms with Crippen molar-refractivity contribution in [3.8, 4) is 0 Å². The highest BCUT2D eigenvalue weighted by Crippen LogP contribution is 2.27. The first-order valence-electron chi connectivity index (χ1n) is 6.13. The number of rotatable bonds is 6. The number of non-ortho nitro benzene ring substituents is 1. The lowest BCUT2D eigenvalue weighted by Crippen LogP contribution is -2.30. The molecule has 2 N–H and O–H groups in total. The van der Waals surface area contributed by atoms with E-state index in [0.717, 1.165) is 24.2 Å². The molecule has 0 heterocycles. The van der Waals surface area contributed by atoms with E-state index >= 15 is 0 Å². The number of nitro benzene ring substituents is 1. The van der Waals surface area contributed by atoms with Crippen molar-refractivity contribution in [2.45, 2.75) is 39.2 Å². The largest absolute Gasteiger partial charge is 0.388 e. The molecule has 0 atom stereocenters. The lowest BCUT2D eigenvalue weighted by atomic mass is 9.98. The van der Waals surface area contributed by atoms with Gasteiger partial charge in [0.2, 0.25) is 0 Å². The van der Waals surface area contributed by atoms with Crippen molar-refractivity contribution in [3.63, 3.8) is 0 Å². The molecule has 0 saturated carbocycles. The van der Waals surface area contributed by atoms with Crippen molar-refractivity contribution in [2.24, 2.45) is 0 Å². The summed E-state index contributed by atoms with van der Waals surface area (Å²) < 4.78 is 0. The Morgan fingerprint density at radius 1 is 1.28 bits per heavy atom. The van der Waals surface area contributed by atoms with Crippen LogP contribution in [0.5, 0.6) is 0 Å². The Morgan fingerprint density at radius 2 is 1.89 bits per heavy atom. The van der Waals surface area contributed by atoms with Crippen LogP contribution in [0.2, 0.25) is 0 Å². The van der Waals surface area contributed by atoms with E-state index in [0.29, 0.717) is 0 Å². The minimum absolute atomic E-state index is 0.0744. The van der Waals surface area contributed by atoms with Gasteiger partial charge in [-0.1, -0.05) is 13.3 Å². The average Bonchev–Trinajstić information content (AvgIpc) is 2.27. The van der Waals surface area contributed by atoms with Crippen LogP contribution in [0.4, 0.5) is 17.1 Å². The van der Waals surface area contributed by atoms with Gasteiger partial charge in [-0.05, 0) is 26.3 Å². The highest BCUT2D eigenvalue weighted by atomic mass is 16.6. The molecular weight excluding hydrogens is 230 g/mol. The first-order valence-corrected chi connectivity index (χ1v) is 6.13. The van der Waals surface area contributed by atoms with E-state index in [9.17, 15) is 10.1 Å². The minimum atomic E-state index is -0.376. The summed E-state index contributed by atoms with van der Waals surface area (Å²) in [5.74, 6) is 0. The molecule has 0 bridgehead atoms. The van der Waals surface area contributed by atoms with Gasteiger partial charge in [-0.25, -0.2) is 0 Å². The van der Waals surface area contributed by atoms with E-state index in [1.54, 1.807) is 13.1 Å². The molecule has 18 heavy (non-hydrogen) atoms. The first kappa shape index (κ1) is 14.3. The van der Waals surface area contributed by atoms with Gasteiger partial charge in [0.05, 0.1) is 4.92 Å². The summed E-state index contributed by atoms with van der Waals surface area (Å²) in [7, 11) is 1.75. The van der Waals surface area contributed by atoms with Gasteiger partial charge in [0.1, 0.15) is 0 Å². The van der Waals surface area contributed by atoms with Crippen LogP contribution < -0.4 is 10.6 Å². The summed E-state index contributed by atoms with van der Waals surface area (Å²) in [6.45, 7) is 6.30. The van der Waals surface area contributed by atoms with Crippen molar-refractivity contribution in [1.29, 1.82) is 0 Å². The third-order valence-electron chi connectivity index (χ3n) is 2.77. The van der Waals surface area contributed by atoms with Crippen molar-refractivity contribution < 1.29 is 4.92 Å². The molecule has 0 spiro atoms. The monoisotopic (exact) mass is 251 g/mol. The lowest BCUT2D eigenvalue weighted by molar-refractivity contribution is -0.384. The third-order valence-corrected chi connectivity index (χ3v) is 2.77. The predicted molar refractivity (Wildman–Crippen MR) is 75.3 cm³/mol. The van der Waals surface area contributed by atoms with Crippen LogP contribution in [-0.2, 0) is 0 Å². The Balaban J connectivity index is 3.01. The van der Waals surface area contributed by atoms with E-state index in [1.165, 1.54) is 6.07 Å². The van der Waals surface area contributed by atoms with Crippen molar-refractivity contribution in [1.82, 2.24) is 0 Å². The number of hydrogen-bond donors (Lipinski definition) is 2. The number of nitrogens with zero attached hydrogens (tertiary/aromatic N) is 1. The van der Waals surface area contributed by atoms with Crippen molar-refractivity contribution >= 4 is 17.1 Å². The summed E-state index contributed by atoms with van der Waals surface area (Å²) in [4.78, 5) is 10.5. The van der Waals surface area contributed by atoms with Crippen LogP contribution in [0.3, 0.4) is 0 Å². The zero-order chi connectivity index (χ0) is 13.8. The second-order valence-electron chi connectivity index (χ2n) is 5.03. The molecule has 1 rings (SSSR count). The molecule has 0 fully saturated rings. The average molecular weight is 251 g/mol. The highest BCUT2D eigenvalue weighted by Gasteiger charge is 2.18. The van der Waals surface area contributed by atoms with Crippen molar-refractivity contribution in [2.75, 3.05) is 17.7 Å². The molecule has 0 unspecified atom stereocenters. The second kappa shape index (κ2) is 5.71. The Hall–Kier alpha value is -1.78. The zero-order valence-electron chi connectivity index (χ0n) is 11.4. The standard InChI is InChI=1S/C13H21N3O2/c1-5-6-13(2,3)15-11-7-10(14-4)8-12(9-11)16(17)18/h7-9,14-15H,5-6H2,1-4H3. The lowest BCUT2D eigenvalue weighted by Gasteiger charge is -2.27. The summed E-state index contributed by atoms with van der Waals surface area (Å²) in [6, 6.07) is 4.97. The molecule has 0 amide bonds. The van der Waals surface area contributed by atoms with Crippen LogP contribution >= 0.6 is 0 Å². The molecule has 0 radical (unpaired) electrons. The molecule has 100 valence electrons. The van der Waals surface area contributed by atoms with E-state index in [2.05, 4.69) is 31.4 Å². The van der Waals surface area contributed by atoms with Gasteiger partial charge in [-0.15, -0.1) is 0 Å². The Labute approximate surface area is 108 Å². The molecule has 0 aromatic heterocycles. The Morgan fingerprint density at radius 3 is 2.39 bits per heavy atom. The third kappa shape index (κ3) is 3.91. The normalized spacial score (nSPS) is 11.1. The highest BCUT2D eigenvalue weighted by molar-refractivity contribution is 5.63. The maximum absolute atomic E-state index is 10.9. The maximum atomic E-state index is 10.9. The van der Waals surface area contributed by atoms with Crippen LogP contribution in [-0.4, -0.2) is 17.5 Å². The maximum Gasteiger partial charge on any atom is 0.273 e.